The number of aromatic carboxylic acids is 1. The number of methoxy groups -OCH3 is 1. The summed E-state index contributed by atoms with van der Waals surface area (Å²) in [6, 6.07) is 0. The van der Waals surface area contributed by atoms with Gasteiger partial charge in [0.05, 0.1) is 18.2 Å². The third kappa shape index (κ3) is 3.33. The van der Waals surface area contributed by atoms with Gasteiger partial charge in [-0.15, -0.1) is 0 Å². The van der Waals surface area contributed by atoms with E-state index in [1.54, 1.807) is 6.92 Å². The van der Waals surface area contributed by atoms with Gasteiger partial charge >= 0.3 is 5.97 Å². The van der Waals surface area contributed by atoms with Gasteiger partial charge in [0.1, 0.15) is 44.9 Å². The van der Waals surface area contributed by atoms with Gasteiger partial charge in [0.2, 0.25) is 0 Å². The molecule has 0 spiro atoms. The van der Waals surface area contributed by atoms with Gasteiger partial charge in [-0.2, -0.15) is 0 Å². The molecule has 2 aromatic rings. The number of benzene rings is 2. The first-order valence-electron chi connectivity index (χ1n) is 8.36. The van der Waals surface area contributed by atoms with Crippen molar-refractivity contribution in [2.45, 2.75) is 26.7 Å². The Kier molecular flexibility index (Phi) is 6.03. The van der Waals surface area contributed by atoms with Gasteiger partial charge in [-0.05, 0) is 13.3 Å². The van der Waals surface area contributed by atoms with Crippen LogP contribution >= 0.6 is 11.6 Å². The average molecular weight is 427 g/mol. The number of hydrogen-bond acceptors (Lipinski definition) is 8. The van der Waals surface area contributed by atoms with Gasteiger partial charge < -0.3 is 35.4 Å². The van der Waals surface area contributed by atoms with Crippen LogP contribution in [0.4, 0.5) is 0 Å². The molecule has 10 heteroatoms. The van der Waals surface area contributed by atoms with Crippen LogP contribution < -0.4 is 4.74 Å². The van der Waals surface area contributed by atoms with Crippen LogP contribution in [-0.4, -0.2) is 49.5 Å². The third-order valence-corrected chi connectivity index (χ3v) is 4.78. The Balaban J connectivity index is 3.08. The fraction of sp³-hybridized carbons (Fsp3) is 0.263. The van der Waals surface area contributed by atoms with Crippen molar-refractivity contribution in [2.75, 3.05) is 7.11 Å². The quantitative estimate of drug-likeness (QED) is 0.379. The number of halogens is 1. The molecule has 2 rings (SSSR count). The minimum atomic E-state index is -1.78. The van der Waals surface area contributed by atoms with E-state index in [0.29, 0.717) is 6.42 Å². The molecule has 0 aliphatic carbocycles. The molecule has 0 unspecified atom stereocenters. The lowest BCUT2D eigenvalue weighted by Gasteiger charge is -2.20. The van der Waals surface area contributed by atoms with Crippen LogP contribution in [0.1, 0.15) is 46.0 Å². The predicted molar refractivity (Wildman–Crippen MR) is 103 cm³/mol. The molecule has 0 bridgehead atoms. The zero-order valence-corrected chi connectivity index (χ0v) is 16.5. The van der Waals surface area contributed by atoms with Crippen molar-refractivity contribution in [1.82, 2.24) is 0 Å². The van der Waals surface area contributed by atoms with Crippen molar-refractivity contribution in [3.63, 3.8) is 0 Å². The van der Waals surface area contributed by atoms with Crippen LogP contribution in [0.25, 0.3) is 11.1 Å². The van der Waals surface area contributed by atoms with Crippen molar-refractivity contribution in [3.05, 3.63) is 21.7 Å². The Morgan fingerprint density at radius 3 is 1.90 bits per heavy atom. The largest absolute Gasteiger partial charge is 0.507 e. The molecule has 6 N–H and O–H groups in total. The Labute approximate surface area is 170 Å². The topological polar surface area (TPSA) is 165 Å². The minimum absolute atomic E-state index is 0.0142. The Hall–Kier alpha value is -3.33. The fourth-order valence-electron chi connectivity index (χ4n) is 3.05. The number of Topliss-reactive ketones (excluding diaryl/α,β-unsaturated/α-hetero) is 1. The van der Waals surface area contributed by atoms with Crippen LogP contribution in [0.5, 0.6) is 34.5 Å². The maximum absolute atomic E-state index is 12.6. The van der Waals surface area contributed by atoms with Crippen LogP contribution in [0, 0.1) is 6.92 Å². The van der Waals surface area contributed by atoms with E-state index in [0.717, 1.165) is 0 Å². The number of phenols is 5. The number of carboxylic acid groups (broad SMARTS) is 1. The first kappa shape index (κ1) is 22.0. The molecule has 156 valence electrons. The molecular weight excluding hydrogens is 408 g/mol. The van der Waals surface area contributed by atoms with Crippen molar-refractivity contribution in [1.29, 1.82) is 0 Å². The molecular formula is C19H19ClO9. The normalized spacial score (nSPS) is 10.8. The SMILES string of the molecule is CCCC(=O)c1c(O)c(-c2c(O)c(Cl)c(O)c(C(=O)O)c2O)c(O)c(C)c1OC. The summed E-state index contributed by atoms with van der Waals surface area (Å²) < 4.78 is 5.14. The van der Waals surface area contributed by atoms with E-state index in [1.807, 2.05) is 0 Å². The highest BCUT2D eigenvalue weighted by Gasteiger charge is 2.34. The number of phenolic OH excluding ortho intramolecular Hbond substituents is 3. The number of rotatable bonds is 6. The molecule has 0 saturated carbocycles. The summed E-state index contributed by atoms with van der Waals surface area (Å²) in [5.74, 6) is -7.28. The molecule has 0 radical (unpaired) electrons. The maximum atomic E-state index is 12.6. The number of carbonyl (C=O) groups is 2. The van der Waals surface area contributed by atoms with Crippen LogP contribution in [0.15, 0.2) is 0 Å². The van der Waals surface area contributed by atoms with Crippen molar-refractivity contribution < 1.29 is 45.0 Å². The number of carbonyl (C=O) groups excluding carboxylic acids is 1. The lowest BCUT2D eigenvalue weighted by atomic mass is 9.90. The summed E-state index contributed by atoms with van der Waals surface area (Å²) in [6.45, 7) is 3.08. The Morgan fingerprint density at radius 1 is 0.897 bits per heavy atom. The maximum Gasteiger partial charge on any atom is 0.343 e. The standard InChI is InChI=1S/C19H19ClO9/c1-4-5-7(21)8-14(23)9(13(22)6(2)18(8)29-3)10-15(24)11(19(27)28)17(26)12(20)16(10)25/h22-26H,4-5H2,1-3H3,(H,27,28). The summed E-state index contributed by atoms with van der Waals surface area (Å²) in [5, 5.41) is 60.4. The van der Waals surface area contributed by atoms with Crippen molar-refractivity contribution in [3.8, 4) is 45.6 Å². The van der Waals surface area contributed by atoms with Gasteiger partial charge in [0.25, 0.3) is 0 Å². The molecule has 0 aromatic heterocycles. The van der Waals surface area contributed by atoms with E-state index in [1.165, 1.54) is 14.0 Å². The minimum Gasteiger partial charge on any atom is -0.507 e. The number of ether oxygens (including phenoxy) is 1. The summed E-state index contributed by atoms with van der Waals surface area (Å²) in [5.41, 5.74) is -2.80. The molecule has 0 fully saturated rings. The Morgan fingerprint density at radius 2 is 1.41 bits per heavy atom. The zero-order valence-electron chi connectivity index (χ0n) is 15.7. The monoisotopic (exact) mass is 426 g/mol. The van der Waals surface area contributed by atoms with E-state index >= 15 is 0 Å². The Bertz CT molecular complexity index is 1030. The number of hydrogen-bond donors (Lipinski definition) is 6. The second-order valence-electron chi connectivity index (χ2n) is 6.19. The molecule has 29 heavy (non-hydrogen) atoms. The van der Waals surface area contributed by atoms with Crippen LogP contribution in [0.3, 0.4) is 0 Å². The van der Waals surface area contributed by atoms with Gasteiger partial charge in [0, 0.05) is 12.0 Å². The number of ketones is 1. The number of aromatic hydroxyl groups is 5. The van der Waals surface area contributed by atoms with Gasteiger partial charge in [-0.25, -0.2) is 4.79 Å². The highest BCUT2D eigenvalue weighted by atomic mass is 35.5. The lowest BCUT2D eigenvalue weighted by Crippen LogP contribution is -2.06. The van der Waals surface area contributed by atoms with Crippen molar-refractivity contribution in [2.24, 2.45) is 0 Å². The van der Waals surface area contributed by atoms with Gasteiger partial charge in [-0.3, -0.25) is 4.79 Å². The zero-order chi connectivity index (χ0) is 22.2. The highest BCUT2D eigenvalue weighted by Crippen LogP contribution is 2.56. The molecule has 0 amide bonds. The molecule has 0 saturated heterocycles. The molecule has 2 aromatic carbocycles. The molecule has 0 aliphatic rings. The third-order valence-electron chi connectivity index (χ3n) is 4.42. The molecule has 0 aliphatic heterocycles. The average Bonchev–Trinajstić information content (AvgIpc) is 2.65. The second-order valence-corrected chi connectivity index (χ2v) is 6.57. The smallest absolute Gasteiger partial charge is 0.343 e. The van der Waals surface area contributed by atoms with Crippen molar-refractivity contribution >= 4 is 23.4 Å². The van der Waals surface area contributed by atoms with E-state index in [2.05, 4.69) is 0 Å². The second kappa shape index (κ2) is 7.96. The summed E-state index contributed by atoms with van der Waals surface area (Å²) >= 11 is 5.78. The fourth-order valence-corrected chi connectivity index (χ4v) is 3.24. The first-order valence-corrected chi connectivity index (χ1v) is 8.74. The van der Waals surface area contributed by atoms with Gasteiger partial charge in [-0.1, -0.05) is 18.5 Å². The molecule has 0 atom stereocenters. The summed E-state index contributed by atoms with van der Waals surface area (Å²) in [6.07, 6.45) is 0.448. The molecule has 0 heterocycles. The highest BCUT2D eigenvalue weighted by molar-refractivity contribution is 6.35. The van der Waals surface area contributed by atoms with E-state index < -0.39 is 62.2 Å². The summed E-state index contributed by atoms with van der Waals surface area (Å²) in [4.78, 5) is 24.0. The number of carboxylic acids is 1. The van der Waals surface area contributed by atoms with Crippen LogP contribution in [-0.2, 0) is 0 Å². The van der Waals surface area contributed by atoms with E-state index in [9.17, 15) is 40.2 Å². The molecule has 9 nitrogen and oxygen atoms in total. The lowest BCUT2D eigenvalue weighted by molar-refractivity contribution is 0.0690. The van der Waals surface area contributed by atoms with E-state index in [-0.39, 0.29) is 23.3 Å². The van der Waals surface area contributed by atoms with Gasteiger partial charge in [0.15, 0.2) is 11.5 Å². The first-order chi connectivity index (χ1) is 13.5. The van der Waals surface area contributed by atoms with E-state index in [4.69, 9.17) is 16.3 Å². The van der Waals surface area contributed by atoms with Crippen LogP contribution in [0.2, 0.25) is 5.02 Å². The predicted octanol–water partition coefficient (Wildman–Crippen LogP) is 3.53. The summed E-state index contributed by atoms with van der Waals surface area (Å²) in [7, 11) is 1.22.